The molecule has 132 valence electrons. The molecule has 2 unspecified atom stereocenters. The molecule has 0 bridgehead atoms. The predicted octanol–water partition coefficient (Wildman–Crippen LogP) is 3.90. The summed E-state index contributed by atoms with van der Waals surface area (Å²) in [6.07, 6.45) is -0.845. The Morgan fingerprint density at radius 1 is 1.12 bits per heavy atom. The number of esters is 1. The van der Waals surface area contributed by atoms with E-state index in [-0.39, 0.29) is 0 Å². The molecule has 2 rings (SSSR count). The van der Waals surface area contributed by atoms with Gasteiger partial charge in [-0.25, -0.2) is 4.79 Å². The van der Waals surface area contributed by atoms with E-state index >= 15 is 0 Å². The third kappa shape index (κ3) is 5.21. The average Bonchev–Trinajstić information content (AvgIpc) is 2.61. The largest absolute Gasteiger partial charge is 0.479 e. The van der Waals surface area contributed by atoms with Gasteiger partial charge in [0.2, 0.25) is 0 Å². The number of methoxy groups -OCH3 is 1. The van der Waals surface area contributed by atoms with Gasteiger partial charge in [-0.1, -0.05) is 51.8 Å². The molecule has 0 heterocycles. The number of nitrogens with one attached hydrogen (secondary N) is 1. The van der Waals surface area contributed by atoms with E-state index in [2.05, 4.69) is 21.2 Å². The highest BCUT2D eigenvalue weighted by atomic mass is 79.9. The van der Waals surface area contributed by atoms with Crippen molar-refractivity contribution in [3.63, 3.8) is 0 Å². The van der Waals surface area contributed by atoms with E-state index in [1.807, 2.05) is 0 Å². The molecule has 7 heteroatoms. The van der Waals surface area contributed by atoms with Crippen molar-refractivity contribution in [3.8, 4) is 5.75 Å². The standard InChI is InChI=1S/C18H17BrClNO4/c1-11(25-15-6-4-3-5-14(15)20)17(22)21-16(18(23)24-2)12-7-9-13(19)10-8-12/h3-11,16H,1-2H3,(H,21,22). The molecule has 2 atom stereocenters. The van der Waals surface area contributed by atoms with Gasteiger partial charge in [-0.3, -0.25) is 4.79 Å². The summed E-state index contributed by atoms with van der Waals surface area (Å²) in [5, 5.41) is 3.05. The molecule has 25 heavy (non-hydrogen) atoms. The number of para-hydroxylation sites is 1. The number of hydrogen-bond donors (Lipinski definition) is 1. The van der Waals surface area contributed by atoms with Gasteiger partial charge < -0.3 is 14.8 Å². The lowest BCUT2D eigenvalue weighted by Crippen LogP contribution is -2.41. The normalized spacial score (nSPS) is 12.8. The van der Waals surface area contributed by atoms with Crippen LogP contribution in [0.5, 0.6) is 5.75 Å². The Hall–Kier alpha value is -2.05. The minimum atomic E-state index is -0.928. The zero-order valence-corrected chi connectivity index (χ0v) is 16.0. The summed E-state index contributed by atoms with van der Waals surface area (Å²) in [5.41, 5.74) is 0.605. The first-order valence-electron chi connectivity index (χ1n) is 7.47. The molecule has 0 saturated heterocycles. The van der Waals surface area contributed by atoms with Crippen molar-refractivity contribution in [1.29, 1.82) is 0 Å². The Kier molecular flexibility index (Phi) is 6.84. The molecule has 0 fully saturated rings. The topological polar surface area (TPSA) is 64.6 Å². The summed E-state index contributed by atoms with van der Waals surface area (Å²) in [6, 6.07) is 12.9. The minimum absolute atomic E-state index is 0.394. The number of carbonyl (C=O) groups is 2. The van der Waals surface area contributed by atoms with Crippen LogP contribution in [0.4, 0.5) is 0 Å². The first-order valence-corrected chi connectivity index (χ1v) is 8.64. The predicted molar refractivity (Wildman–Crippen MR) is 98.6 cm³/mol. The fourth-order valence-electron chi connectivity index (χ4n) is 2.10. The van der Waals surface area contributed by atoms with E-state index in [9.17, 15) is 9.59 Å². The fourth-order valence-corrected chi connectivity index (χ4v) is 2.54. The van der Waals surface area contributed by atoms with Crippen molar-refractivity contribution in [2.45, 2.75) is 19.1 Å². The second-order valence-corrected chi connectivity index (χ2v) is 6.53. The van der Waals surface area contributed by atoms with Gasteiger partial charge in [0.05, 0.1) is 12.1 Å². The number of ether oxygens (including phenoxy) is 2. The summed E-state index contributed by atoms with van der Waals surface area (Å²) >= 11 is 9.36. The van der Waals surface area contributed by atoms with Crippen LogP contribution in [0.25, 0.3) is 0 Å². The van der Waals surface area contributed by atoms with Gasteiger partial charge in [0.25, 0.3) is 5.91 Å². The molecule has 2 aromatic carbocycles. The van der Waals surface area contributed by atoms with E-state index in [4.69, 9.17) is 21.1 Å². The molecule has 0 aliphatic carbocycles. The van der Waals surface area contributed by atoms with E-state index in [1.54, 1.807) is 55.5 Å². The molecule has 2 aromatic rings. The molecule has 1 amide bonds. The van der Waals surface area contributed by atoms with Gasteiger partial charge in [0, 0.05) is 4.47 Å². The number of carbonyl (C=O) groups excluding carboxylic acids is 2. The second-order valence-electron chi connectivity index (χ2n) is 5.21. The molecular formula is C18H17BrClNO4. The molecular weight excluding hydrogens is 410 g/mol. The first kappa shape index (κ1) is 19.3. The van der Waals surface area contributed by atoms with Crippen LogP contribution in [0.3, 0.4) is 0 Å². The third-order valence-corrected chi connectivity index (χ3v) is 4.28. The maximum atomic E-state index is 12.4. The zero-order chi connectivity index (χ0) is 18.4. The molecule has 0 aromatic heterocycles. The SMILES string of the molecule is COC(=O)C(NC(=O)C(C)Oc1ccccc1Cl)c1ccc(Br)cc1. The molecule has 0 aliphatic heterocycles. The quantitative estimate of drug-likeness (QED) is 0.712. The smallest absolute Gasteiger partial charge is 0.333 e. The second kappa shape index (κ2) is 8.87. The fraction of sp³-hybridized carbons (Fsp3) is 0.222. The van der Waals surface area contributed by atoms with E-state index in [0.717, 1.165) is 4.47 Å². The lowest BCUT2D eigenvalue weighted by Gasteiger charge is -2.20. The number of amides is 1. The van der Waals surface area contributed by atoms with Crippen LogP contribution in [-0.2, 0) is 14.3 Å². The molecule has 0 aliphatic rings. The van der Waals surface area contributed by atoms with Crippen LogP contribution in [0.2, 0.25) is 5.02 Å². The minimum Gasteiger partial charge on any atom is -0.479 e. The number of hydrogen-bond acceptors (Lipinski definition) is 4. The Balaban J connectivity index is 2.12. The van der Waals surface area contributed by atoms with Gasteiger partial charge in [0.15, 0.2) is 12.1 Å². The van der Waals surface area contributed by atoms with Crippen LogP contribution >= 0.6 is 27.5 Å². The van der Waals surface area contributed by atoms with Crippen molar-refractivity contribution in [3.05, 3.63) is 63.6 Å². The summed E-state index contributed by atoms with van der Waals surface area (Å²) in [5.74, 6) is -0.635. The van der Waals surface area contributed by atoms with Crippen molar-refractivity contribution < 1.29 is 19.1 Å². The van der Waals surface area contributed by atoms with Crippen LogP contribution < -0.4 is 10.1 Å². The van der Waals surface area contributed by atoms with Crippen molar-refractivity contribution >= 4 is 39.4 Å². The number of rotatable bonds is 6. The Labute approximate surface area is 159 Å². The highest BCUT2D eigenvalue weighted by Gasteiger charge is 2.26. The van der Waals surface area contributed by atoms with Gasteiger partial charge in [0.1, 0.15) is 5.75 Å². The van der Waals surface area contributed by atoms with Crippen molar-refractivity contribution in [2.75, 3.05) is 7.11 Å². The number of halogens is 2. The van der Waals surface area contributed by atoms with Gasteiger partial charge >= 0.3 is 5.97 Å². The van der Waals surface area contributed by atoms with Crippen LogP contribution in [0, 0.1) is 0 Å². The van der Waals surface area contributed by atoms with Gasteiger partial charge in [-0.05, 0) is 36.8 Å². The lowest BCUT2D eigenvalue weighted by molar-refractivity contribution is -0.146. The van der Waals surface area contributed by atoms with E-state index in [0.29, 0.717) is 16.3 Å². The van der Waals surface area contributed by atoms with Gasteiger partial charge in [-0.2, -0.15) is 0 Å². The summed E-state index contributed by atoms with van der Waals surface area (Å²) in [7, 11) is 1.27. The molecule has 0 spiro atoms. The highest BCUT2D eigenvalue weighted by Crippen LogP contribution is 2.24. The maximum absolute atomic E-state index is 12.4. The maximum Gasteiger partial charge on any atom is 0.333 e. The molecule has 0 radical (unpaired) electrons. The Morgan fingerprint density at radius 3 is 2.36 bits per heavy atom. The molecule has 1 N–H and O–H groups in total. The van der Waals surface area contributed by atoms with Crippen LogP contribution in [-0.4, -0.2) is 25.1 Å². The average molecular weight is 427 g/mol. The van der Waals surface area contributed by atoms with Crippen LogP contribution in [0.15, 0.2) is 53.0 Å². The summed E-state index contributed by atoms with van der Waals surface area (Å²) in [4.78, 5) is 24.5. The number of benzene rings is 2. The van der Waals surface area contributed by atoms with Crippen molar-refractivity contribution in [2.24, 2.45) is 0 Å². The van der Waals surface area contributed by atoms with Gasteiger partial charge in [-0.15, -0.1) is 0 Å². The molecule has 0 saturated carbocycles. The third-order valence-electron chi connectivity index (χ3n) is 3.44. The Bertz CT molecular complexity index is 751. The monoisotopic (exact) mass is 425 g/mol. The lowest BCUT2D eigenvalue weighted by atomic mass is 10.1. The van der Waals surface area contributed by atoms with Crippen molar-refractivity contribution in [1.82, 2.24) is 5.32 Å². The molecule has 5 nitrogen and oxygen atoms in total. The highest BCUT2D eigenvalue weighted by molar-refractivity contribution is 9.10. The summed E-state index contributed by atoms with van der Waals surface area (Å²) in [6.45, 7) is 1.58. The van der Waals surface area contributed by atoms with E-state index < -0.39 is 24.0 Å². The zero-order valence-electron chi connectivity index (χ0n) is 13.7. The Morgan fingerprint density at radius 2 is 1.76 bits per heavy atom. The first-order chi connectivity index (χ1) is 11.9. The van der Waals surface area contributed by atoms with Crippen LogP contribution in [0.1, 0.15) is 18.5 Å². The summed E-state index contributed by atoms with van der Waals surface area (Å²) < 4.78 is 11.2. The van der Waals surface area contributed by atoms with E-state index in [1.165, 1.54) is 7.11 Å².